The predicted octanol–water partition coefficient (Wildman–Crippen LogP) is 2.25. The fourth-order valence-corrected chi connectivity index (χ4v) is 2.44. The van der Waals surface area contributed by atoms with Gasteiger partial charge in [-0.3, -0.25) is 4.90 Å². The van der Waals surface area contributed by atoms with E-state index >= 15 is 0 Å². The second kappa shape index (κ2) is 5.13. The summed E-state index contributed by atoms with van der Waals surface area (Å²) in [6.07, 6.45) is 3.85. The third kappa shape index (κ3) is 3.25. The number of hydrogen-bond donors (Lipinski definition) is 1. The zero-order valence-corrected chi connectivity index (χ0v) is 10.3. The molecule has 0 aliphatic carbocycles. The van der Waals surface area contributed by atoms with Crippen LogP contribution >= 0.6 is 0 Å². The molecule has 0 amide bonds. The van der Waals surface area contributed by atoms with Crippen molar-refractivity contribution in [2.45, 2.75) is 58.5 Å². The monoisotopic (exact) mass is 198 g/mol. The molecule has 14 heavy (non-hydrogen) atoms. The van der Waals surface area contributed by atoms with Crippen molar-refractivity contribution >= 4 is 0 Å². The summed E-state index contributed by atoms with van der Waals surface area (Å²) >= 11 is 0. The quantitative estimate of drug-likeness (QED) is 0.729. The van der Waals surface area contributed by atoms with Crippen molar-refractivity contribution in [1.82, 2.24) is 10.2 Å². The van der Waals surface area contributed by atoms with Crippen molar-refractivity contribution in [3.63, 3.8) is 0 Å². The maximum absolute atomic E-state index is 3.60. The SMILES string of the molecule is CCCN(CCC)C1CNC(C)(C)C1. The summed E-state index contributed by atoms with van der Waals surface area (Å²) in [5.74, 6) is 0. The predicted molar refractivity (Wildman–Crippen MR) is 62.6 cm³/mol. The van der Waals surface area contributed by atoms with Gasteiger partial charge in [-0.15, -0.1) is 0 Å². The summed E-state index contributed by atoms with van der Waals surface area (Å²) in [5.41, 5.74) is 0.352. The molecule has 0 saturated carbocycles. The topological polar surface area (TPSA) is 15.3 Å². The Morgan fingerprint density at radius 2 is 1.79 bits per heavy atom. The lowest BCUT2D eigenvalue weighted by molar-refractivity contribution is 0.202. The normalized spacial score (nSPS) is 25.9. The van der Waals surface area contributed by atoms with Crippen LogP contribution in [0.1, 0.15) is 47.0 Å². The molecule has 84 valence electrons. The average Bonchev–Trinajstić information content (AvgIpc) is 2.46. The lowest BCUT2D eigenvalue weighted by atomic mass is 10.0. The number of nitrogens with one attached hydrogen (secondary N) is 1. The van der Waals surface area contributed by atoms with Crippen LogP contribution in [0, 0.1) is 0 Å². The second-order valence-corrected chi connectivity index (χ2v) is 5.16. The van der Waals surface area contributed by atoms with Crippen LogP contribution in [-0.2, 0) is 0 Å². The zero-order chi connectivity index (χ0) is 10.6. The molecule has 0 radical (unpaired) electrons. The highest BCUT2D eigenvalue weighted by Gasteiger charge is 2.32. The lowest BCUT2D eigenvalue weighted by Crippen LogP contribution is -2.37. The van der Waals surface area contributed by atoms with Crippen molar-refractivity contribution in [2.24, 2.45) is 0 Å². The minimum atomic E-state index is 0.352. The average molecular weight is 198 g/mol. The van der Waals surface area contributed by atoms with Crippen molar-refractivity contribution in [3.05, 3.63) is 0 Å². The third-order valence-electron chi connectivity index (χ3n) is 3.10. The molecule has 1 heterocycles. The highest BCUT2D eigenvalue weighted by atomic mass is 15.2. The van der Waals surface area contributed by atoms with Crippen LogP contribution in [0.5, 0.6) is 0 Å². The van der Waals surface area contributed by atoms with Gasteiger partial charge in [0.2, 0.25) is 0 Å². The lowest BCUT2D eigenvalue weighted by Gasteiger charge is -2.28. The van der Waals surface area contributed by atoms with Gasteiger partial charge in [0.25, 0.3) is 0 Å². The molecule has 1 atom stereocenters. The number of hydrogen-bond acceptors (Lipinski definition) is 2. The maximum Gasteiger partial charge on any atom is 0.0238 e. The molecule has 0 bridgehead atoms. The van der Waals surface area contributed by atoms with E-state index in [0.29, 0.717) is 5.54 Å². The van der Waals surface area contributed by atoms with Crippen LogP contribution in [0.2, 0.25) is 0 Å². The van der Waals surface area contributed by atoms with Crippen LogP contribution < -0.4 is 5.32 Å². The number of rotatable bonds is 5. The molecular formula is C12H26N2. The van der Waals surface area contributed by atoms with Gasteiger partial charge in [-0.05, 0) is 46.2 Å². The van der Waals surface area contributed by atoms with E-state index in [0.717, 1.165) is 6.04 Å². The maximum atomic E-state index is 3.60. The first-order valence-electron chi connectivity index (χ1n) is 6.08. The van der Waals surface area contributed by atoms with Crippen LogP contribution in [0.3, 0.4) is 0 Å². The van der Waals surface area contributed by atoms with Gasteiger partial charge in [0.05, 0.1) is 0 Å². The molecule has 2 nitrogen and oxygen atoms in total. The molecule has 1 unspecified atom stereocenters. The summed E-state index contributed by atoms with van der Waals surface area (Å²) in [6.45, 7) is 12.9. The summed E-state index contributed by atoms with van der Waals surface area (Å²) in [5, 5.41) is 3.60. The smallest absolute Gasteiger partial charge is 0.0238 e. The Morgan fingerprint density at radius 3 is 2.14 bits per heavy atom. The van der Waals surface area contributed by atoms with Crippen LogP contribution in [0.25, 0.3) is 0 Å². The van der Waals surface area contributed by atoms with E-state index in [4.69, 9.17) is 0 Å². The Hall–Kier alpha value is -0.0800. The van der Waals surface area contributed by atoms with Gasteiger partial charge in [0.15, 0.2) is 0 Å². The van der Waals surface area contributed by atoms with Gasteiger partial charge in [-0.1, -0.05) is 13.8 Å². The Balaban J connectivity index is 2.44. The molecule has 0 spiro atoms. The van der Waals surface area contributed by atoms with E-state index in [1.165, 1.54) is 38.9 Å². The van der Waals surface area contributed by atoms with Crippen LogP contribution in [-0.4, -0.2) is 36.1 Å². The van der Waals surface area contributed by atoms with Gasteiger partial charge >= 0.3 is 0 Å². The summed E-state index contributed by atoms with van der Waals surface area (Å²) in [4.78, 5) is 2.65. The minimum absolute atomic E-state index is 0.352. The molecular weight excluding hydrogens is 172 g/mol. The van der Waals surface area contributed by atoms with Crippen molar-refractivity contribution in [2.75, 3.05) is 19.6 Å². The number of nitrogens with zero attached hydrogens (tertiary/aromatic N) is 1. The Bertz CT molecular complexity index is 160. The fourth-order valence-electron chi connectivity index (χ4n) is 2.44. The molecule has 0 aromatic heterocycles. The van der Waals surface area contributed by atoms with Crippen molar-refractivity contribution in [1.29, 1.82) is 0 Å². The largest absolute Gasteiger partial charge is 0.310 e. The Labute approximate surface area is 89.1 Å². The molecule has 1 fully saturated rings. The molecule has 0 aromatic carbocycles. The van der Waals surface area contributed by atoms with Gasteiger partial charge in [0, 0.05) is 18.1 Å². The molecule has 1 N–H and O–H groups in total. The highest BCUT2D eigenvalue weighted by Crippen LogP contribution is 2.22. The Morgan fingerprint density at radius 1 is 1.21 bits per heavy atom. The summed E-state index contributed by atoms with van der Waals surface area (Å²) < 4.78 is 0. The van der Waals surface area contributed by atoms with E-state index in [-0.39, 0.29) is 0 Å². The Kier molecular flexibility index (Phi) is 4.39. The highest BCUT2D eigenvalue weighted by molar-refractivity contribution is 4.94. The first-order valence-corrected chi connectivity index (χ1v) is 6.08. The summed E-state index contributed by atoms with van der Waals surface area (Å²) in [6, 6.07) is 0.768. The van der Waals surface area contributed by atoms with Crippen molar-refractivity contribution in [3.8, 4) is 0 Å². The molecule has 0 aromatic rings. The minimum Gasteiger partial charge on any atom is -0.310 e. The summed E-state index contributed by atoms with van der Waals surface area (Å²) in [7, 11) is 0. The van der Waals surface area contributed by atoms with Gasteiger partial charge in [0.1, 0.15) is 0 Å². The first kappa shape index (κ1) is 12.0. The van der Waals surface area contributed by atoms with Crippen molar-refractivity contribution < 1.29 is 0 Å². The fraction of sp³-hybridized carbons (Fsp3) is 1.00. The van der Waals surface area contributed by atoms with E-state index in [1.54, 1.807) is 0 Å². The standard InChI is InChI=1S/C12H26N2/c1-5-7-14(8-6-2)11-9-12(3,4)13-10-11/h11,13H,5-10H2,1-4H3. The molecule has 2 heteroatoms. The molecule has 1 aliphatic rings. The molecule has 1 saturated heterocycles. The molecule has 1 aliphatic heterocycles. The first-order chi connectivity index (χ1) is 6.59. The third-order valence-corrected chi connectivity index (χ3v) is 3.10. The van der Waals surface area contributed by atoms with E-state index in [9.17, 15) is 0 Å². The van der Waals surface area contributed by atoms with Gasteiger partial charge in [-0.25, -0.2) is 0 Å². The van der Waals surface area contributed by atoms with Gasteiger partial charge in [-0.2, -0.15) is 0 Å². The van der Waals surface area contributed by atoms with Gasteiger partial charge < -0.3 is 5.32 Å². The second-order valence-electron chi connectivity index (χ2n) is 5.16. The van der Waals surface area contributed by atoms with E-state index in [1.807, 2.05) is 0 Å². The zero-order valence-electron chi connectivity index (χ0n) is 10.3. The van der Waals surface area contributed by atoms with E-state index in [2.05, 4.69) is 37.9 Å². The van der Waals surface area contributed by atoms with E-state index < -0.39 is 0 Å². The van der Waals surface area contributed by atoms with Crippen LogP contribution in [0.15, 0.2) is 0 Å². The molecule has 1 rings (SSSR count). The van der Waals surface area contributed by atoms with Crippen LogP contribution in [0.4, 0.5) is 0 Å².